The molecule has 1 aliphatic carbocycles. The molecule has 0 spiro atoms. The van der Waals surface area contributed by atoms with Crippen molar-refractivity contribution in [3.05, 3.63) is 23.2 Å². The molecule has 0 radical (unpaired) electrons. The Labute approximate surface area is 135 Å². The smallest absolute Gasteiger partial charge is 0.224 e. The van der Waals surface area contributed by atoms with Gasteiger partial charge in [0.2, 0.25) is 11.8 Å². The van der Waals surface area contributed by atoms with E-state index in [1.54, 1.807) is 30.2 Å². The minimum Gasteiger partial charge on any atom is -0.495 e. The first-order valence-corrected chi connectivity index (χ1v) is 7.80. The number of carbonyl (C=O) groups is 2. The molecule has 0 aliphatic heterocycles. The van der Waals surface area contributed by atoms with Crippen LogP contribution in [0, 0.1) is 5.92 Å². The van der Waals surface area contributed by atoms with Crippen LogP contribution in [0.2, 0.25) is 5.02 Å². The van der Waals surface area contributed by atoms with Gasteiger partial charge in [-0.05, 0) is 31.0 Å². The van der Waals surface area contributed by atoms with E-state index < -0.39 is 0 Å². The van der Waals surface area contributed by atoms with Crippen LogP contribution < -0.4 is 15.0 Å². The fourth-order valence-corrected chi connectivity index (χ4v) is 2.59. The van der Waals surface area contributed by atoms with Crippen LogP contribution in [-0.4, -0.2) is 32.0 Å². The summed E-state index contributed by atoms with van der Waals surface area (Å²) in [6.45, 7) is 2.27. The second-order valence-electron chi connectivity index (χ2n) is 5.41. The number of hydrogen-bond donors (Lipinski definition) is 1. The summed E-state index contributed by atoms with van der Waals surface area (Å²) in [5.41, 5.74) is 0.611. The van der Waals surface area contributed by atoms with Crippen molar-refractivity contribution in [2.75, 3.05) is 25.1 Å². The van der Waals surface area contributed by atoms with Crippen LogP contribution >= 0.6 is 11.6 Å². The molecule has 0 bridgehead atoms. The van der Waals surface area contributed by atoms with Crippen LogP contribution in [-0.2, 0) is 9.59 Å². The zero-order valence-corrected chi connectivity index (χ0v) is 13.7. The average Bonchev–Trinajstić information content (AvgIpc) is 2.41. The van der Waals surface area contributed by atoms with E-state index >= 15 is 0 Å². The number of carbonyl (C=O) groups excluding carboxylic acids is 2. The molecule has 5 nitrogen and oxygen atoms in total. The van der Waals surface area contributed by atoms with E-state index in [1.807, 2.05) is 0 Å². The number of anilines is 1. The highest BCUT2D eigenvalue weighted by molar-refractivity contribution is 6.31. The first-order chi connectivity index (χ1) is 10.5. The first kappa shape index (κ1) is 16.6. The Kier molecular flexibility index (Phi) is 5.66. The third-order valence-electron chi connectivity index (χ3n) is 3.92. The van der Waals surface area contributed by atoms with Gasteiger partial charge in [0.1, 0.15) is 5.75 Å². The fourth-order valence-electron chi connectivity index (χ4n) is 2.43. The summed E-state index contributed by atoms with van der Waals surface area (Å²) in [6, 6.07) is 5.12. The van der Waals surface area contributed by atoms with Crippen molar-refractivity contribution in [1.82, 2.24) is 5.32 Å². The normalized spacial score (nSPS) is 14.1. The van der Waals surface area contributed by atoms with E-state index in [0.29, 0.717) is 29.5 Å². The molecule has 0 atom stereocenters. The maximum Gasteiger partial charge on any atom is 0.224 e. The quantitative estimate of drug-likeness (QED) is 0.875. The molecular formula is C16H21ClN2O3. The molecule has 0 saturated heterocycles. The van der Waals surface area contributed by atoms with Gasteiger partial charge in [0.05, 0.1) is 12.8 Å². The van der Waals surface area contributed by atoms with Crippen molar-refractivity contribution in [2.45, 2.75) is 26.2 Å². The van der Waals surface area contributed by atoms with Gasteiger partial charge in [-0.25, -0.2) is 0 Å². The molecule has 0 heterocycles. The Hall–Kier alpha value is -1.75. The molecule has 1 N–H and O–H groups in total. The van der Waals surface area contributed by atoms with Crippen LogP contribution in [0.25, 0.3) is 0 Å². The highest BCUT2D eigenvalue weighted by atomic mass is 35.5. The van der Waals surface area contributed by atoms with Crippen LogP contribution in [0.15, 0.2) is 18.2 Å². The molecule has 2 rings (SSSR count). The van der Waals surface area contributed by atoms with Crippen LogP contribution in [0.3, 0.4) is 0 Å². The maximum atomic E-state index is 11.9. The van der Waals surface area contributed by atoms with Gasteiger partial charge in [-0.1, -0.05) is 18.0 Å². The van der Waals surface area contributed by atoms with Crippen molar-refractivity contribution in [1.29, 1.82) is 0 Å². The van der Waals surface area contributed by atoms with E-state index in [-0.39, 0.29) is 17.7 Å². The largest absolute Gasteiger partial charge is 0.495 e. The zero-order chi connectivity index (χ0) is 16.1. The molecule has 1 fully saturated rings. The van der Waals surface area contributed by atoms with E-state index in [9.17, 15) is 9.59 Å². The Balaban J connectivity index is 2.02. The predicted octanol–water partition coefficient (Wildman–Crippen LogP) is 2.62. The molecule has 1 aromatic rings. The number of halogens is 1. The van der Waals surface area contributed by atoms with E-state index in [2.05, 4.69) is 5.32 Å². The molecule has 0 unspecified atom stereocenters. The molecule has 2 amide bonds. The van der Waals surface area contributed by atoms with Gasteiger partial charge >= 0.3 is 0 Å². The Bertz CT molecular complexity index is 558. The van der Waals surface area contributed by atoms with E-state index in [0.717, 1.165) is 19.3 Å². The number of nitrogens with zero attached hydrogens (tertiary/aromatic N) is 1. The lowest BCUT2D eigenvalue weighted by Crippen LogP contribution is -2.41. The van der Waals surface area contributed by atoms with Gasteiger partial charge < -0.3 is 15.0 Å². The van der Waals surface area contributed by atoms with Crippen molar-refractivity contribution in [2.24, 2.45) is 5.92 Å². The fraction of sp³-hybridized carbons (Fsp3) is 0.500. The Morgan fingerprint density at radius 1 is 1.41 bits per heavy atom. The van der Waals surface area contributed by atoms with Crippen molar-refractivity contribution in [3.63, 3.8) is 0 Å². The van der Waals surface area contributed by atoms with E-state index in [1.165, 1.54) is 6.92 Å². The second-order valence-corrected chi connectivity index (χ2v) is 5.84. The Morgan fingerprint density at radius 2 is 2.14 bits per heavy atom. The molecule has 1 aliphatic rings. The number of nitrogens with one attached hydrogen (secondary N) is 1. The first-order valence-electron chi connectivity index (χ1n) is 7.42. The summed E-state index contributed by atoms with van der Waals surface area (Å²) in [6.07, 6.45) is 3.05. The number of methoxy groups -OCH3 is 1. The lowest BCUT2D eigenvalue weighted by atomic mass is 9.85. The van der Waals surface area contributed by atoms with Crippen molar-refractivity contribution >= 4 is 29.1 Å². The monoisotopic (exact) mass is 324 g/mol. The van der Waals surface area contributed by atoms with Gasteiger partial charge in [-0.15, -0.1) is 0 Å². The molecule has 22 heavy (non-hydrogen) atoms. The van der Waals surface area contributed by atoms with Gasteiger partial charge in [0, 0.05) is 31.0 Å². The summed E-state index contributed by atoms with van der Waals surface area (Å²) >= 11 is 6.01. The second kappa shape index (κ2) is 7.49. The van der Waals surface area contributed by atoms with Gasteiger partial charge in [-0.3, -0.25) is 9.59 Å². The summed E-state index contributed by atoms with van der Waals surface area (Å²) in [4.78, 5) is 25.3. The Morgan fingerprint density at radius 3 is 2.68 bits per heavy atom. The molecule has 120 valence electrons. The number of rotatable bonds is 6. The average molecular weight is 325 g/mol. The third kappa shape index (κ3) is 3.91. The molecule has 0 aromatic heterocycles. The standard InChI is InChI=1S/C16H21ClN2O3/c1-11(20)19(9-8-18-16(21)12-4-3-5-12)14-10-13(17)6-7-15(14)22-2/h6-7,10,12H,3-5,8-9H2,1-2H3,(H,18,21). The number of amides is 2. The third-order valence-corrected chi connectivity index (χ3v) is 4.16. The van der Waals surface area contributed by atoms with Crippen LogP contribution in [0.1, 0.15) is 26.2 Å². The van der Waals surface area contributed by atoms with Crippen LogP contribution in [0.5, 0.6) is 5.75 Å². The van der Waals surface area contributed by atoms with Crippen molar-refractivity contribution in [3.8, 4) is 5.75 Å². The van der Waals surface area contributed by atoms with E-state index in [4.69, 9.17) is 16.3 Å². The summed E-state index contributed by atoms with van der Waals surface area (Å²) in [7, 11) is 1.55. The zero-order valence-electron chi connectivity index (χ0n) is 12.9. The summed E-state index contributed by atoms with van der Waals surface area (Å²) in [5.74, 6) is 0.669. The van der Waals surface area contributed by atoms with Gasteiger partial charge in [0.15, 0.2) is 0 Å². The predicted molar refractivity (Wildman–Crippen MR) is 86.4 cm³/mol. The molecular weight excluding hydrogens is 304 g/mol. The maximum absolute atomic E-state index is 11.9. The summed E-state index contributed by atoms with van der Waals surface area (Å²) < 4.78 is 5.28. The minimum atomic E-state index is -0.126. The van der Waals surface area contributed by atoms with Crippen LogP contribution in [0.4, 0.5) is 5.69 Å². The summed E-state index contributed by atoms with van der Waals surface area (Å²) in [5, 5.41) is 3.41. The SMILES string of the molecule is COc1ccc(Cl)cc1N(CCNC(=O)C1CCC1)C(C)=O. The van der Waals surface area contributed by atoms with Crippen molar-refractivity contribution < 1.29 is 14.3 Å². The molecule has 1 aromatic carbocycles. The molecule has 1 saturated carbocycles. The highest BCUT2D eigenvalue weighted by Crippen LogP contribution is 2.31. The number of hydrogen-bond acceptors (Lipinski definition) is 3. The van der Waals surface area contributed by atoms with Gasteiger partial charge in [0.25, 0.3) is 0 Å². The lowest BCUT2D eigenvalue weighted by molar-refractivity contribution is -0.127. The number of ether oxygens (including phenoxy) is 1. The lowest BCUT2D eigenvalue weighted by Gasteiger charge is -2.26. The highest BCUT2D eigenvalue weighted by Gasteiger charge is 2.25. The molecule has 6 heteroatoms. The van der Waals surface area contributed by atoms with Gasteiger partial charge in [-0.2, -0.15) is 0 Å². The number of benzene rings is 1. The minimum absolute atomic E-state index is 0.0767. The topological polar surface area (TPSA) is 58.6 Å².